The third-order valence-electron chi connectivity index (χ3n) is 9.87. The number of unbranched alkanes of at least 4 members (excludes halogenated alkanes) is 2. The first-order valence-electron chi connectivity index (χ1n) is 20.4. The Bertz CT molecular complexity index is 1300. The summed E-state index contributed by atoms with van der Waals surface area (Å²) in [6, 6.07) is 1.67. The third kappa shape index (κ3) is 21.9. The van der Waals surface area contributed by atoms with Crippen molar-refractivity contribution in [2.24, 2.45) is 30.5 Å². The normalized spacial score (nSPS) is 16.5. The van der Waals surface area contributed by atoms with E-state index in [1.807, 2.05) is 27.0 Å². The number of piperidine rings is 1. The molecule has 53 heavy (non-hydrogen) atoms. The van der Waals surface area contributed by atoms with Crippen molar-refractivity contribution in [2.45, 2.75) is 171 Å². The molecule has 1 saturated heterocycles. The largest absolute Gasteiger partial charge is 0.379 e. The van der Waals surface area contributed by atoms with Gasteiger partial charge in [-0.05, 0) is 88.7 Å². The van der Waals surface area contributed by atoms with Crippen LogP contribution in [0, 0.1) is 30.1 Å². The van der Waals surface area contributed by atoms with Crippen LogP contribution in [0.4, 0.5) is 0 Å². The number of H-pyrrole nitrogens is 1. The first-order valence-corrected chi connectivity index (χ1v) is 20.4. The van der Waals surface area contributed by atoms with Gasteiger partial charge in [-0.15, -0.1) is 0 Å². The molecule has 0 aromatic carbocycles. The summed E-state index contributed by atoms with van der Waals surface area (Å²) in [5, 5.41) is 26.1. The number of aromatic nitrogens is 4. The number of amides is 2. The molecule has 2 amide bonds. The number of imidazole rings is 1. The molecule has 2 aromatic rings. The molecule has 3 rings (SSSR count). The fourth-order valence-corrected chi connectivity index (χ4v) is 6.07. The van der Waals surface area contributed by atoms with Crippen LogP contribution in [0.25, 0.3) is 0 Å². The topological polar surface area (TPSA) is 175 Å². The molecular formula is C42H78N8O3. The fraction of sp³-hybridized carbons (Fsp3) is 0.738. The number of allylic oxidation sites excluding steroid dienone is 2. The molecule has 0 saturated carbocycles. The highest BCUT2D eigenvalue weighted by atomic mass is 16.3. The van der Waals surface area contributed by atoms with Crippen molar-refractivity contribution in [3.05, 3.63) is 46.8 Å². The van der Waals surface area contributed by atoms with Gasteiger partial charge < -0.3 is 31.9 Å². The molecular weight excluding hydrogens is 665 g/mol. The summed E-state index contributed by atoms with van der Waals surface area (Å²) in [7, 11) is 1.77. The highest BCUT2D eigenvalue weighted by Gasteiger charge is 2.20. The van der Waals surface area contributed by atoms with Crippen molar-refractivity contribution >= 4 is 17.5 Å². The monoisotopic (exact) mass is 743 g/mol. The quantitative estimate of drug-likeness (QED) is 0.0505. The van der Waals surface area contributed by atoms with E-state index in [-0.39, 0.29) is 17.9 Å². The Morgan fingerprint density at radius 1 is 1.08 bits per heavy atom. The SMILES string of the molecule is CC1CCC(=O)NC1.CCC(C)CCCC(NC(=O)c1ccnn1C)c1cnc(C)[nH]1.CCC(N)O.CCCCCC(CCC)C(C(C)=N)=C(C)CC. The van der Waals surface area contributed by atoms with E-state index in [0.717, 1.165) is 55.9 Å². The van der Waals surface area contributed by atoms with E-state index in [4.69, 9.17) is 16.2 Å². The van der Waals surface area contributed by atoms with Gasteiger partial charge in [-0.3, -0.25) is 14.3 Å². The maximum Gasteiger partial charge on any atom is 0.270 e. The zero-order valence-corrected chi connectivity index (χ0v) is 35.4. The van der Waals surface area contributed by atoms with Gasteiger partial charge in [-0.1, -0.05) is 99.0 Å². The molecule has 304 valence electrons. The van der Waals surface area contributed by atoms with Gasteiger partial charge in [0.25, 0.3) is 5.91 Å². The van der Waals surface area contributed by atoms with E-state index < -0.39 is 6.23 Å². The Balaban J connectivity index is 0.000000783. The van der Waals surface area contributed by atoms with Crippen LogP contribution in [0.5, 0.6) is 0 Å². The molecule has 0 spiro atoms. The van der Waals surface area contributed by atoms with Gasteiger partial charge in [0.15, 0.2) is 0 Å². The van der Waals surface area contributed by atoms with Gasteiger partial charge in [0, 0.05) is 31.9 Å². The molecule has 3 heterocycles. The van der Waals surface area contributed by atoms with E-state index in [2.05, 4.69) is 74.2 Å². The highest BCUT2D eigenvalue weighted by Crippen LogP contribution is 2.28. The van der Waals surface area contributed by atoms with Crippen LogP contribution < -0.4 is 16.4 Å². The van der Waals surface area contributed by atoms with Crippen LogP contribution >= 0.6 is 0 Å². The summed E-state index contributed by atoms with van der Waals surface area (Å²) in [6.07, 6.45) is 18.3. The van der Waals surface area contributed by atoms with Crippen LogP contribution in [-0.2, 0) is 11.8 Å². The number of carbonyl (C=O) groups is 2. The molecule has 0 aliphatic carbocycles. The third-order valence-corrected chi connectivity index (χ3v) is 9.87. The number of aliphatic hydroxyl groups is 1. The number of nitrogens with zero attached hydrogens (tertiary/aromatic N) is 3. The predicted octanol–water partition coefficient (Wildman–Crippen LogP) is 9.09. The Hall–Kier alpha value is -3.31. The van der Waals surface area contributed by atoms with E-state index in [0.29, 0.717) is 29.9 Å². The minimum absolute atomic E-state index is 0.0531. The number of carbonyl (C=O) groups excluding carboxylic acids is 2. The van der Waals surface area contributed by atoms with Crippen LogP contribution in [-0.4, -0.2) is 55.2 Å². The maximum atomic E-state index is 12.5. The summed E-state index contributed by atoms with van der Waals surface area (Å²) in [4.78, 5) is 30.5. The Labute approximate surface area is 322 Å². The first-order chi connectivity index (χ1) is 25.1. The fourth-order valence-electron chi connectivity index (χ4n) is 6.07. The molecule has 5 atom stereocenters. The highest BCUT2D eigenvalue weighted by molar-refractivity contribution is 5.96. The minimum atomic E-state index is -0.616. The molecule has 0 bridgehead atoms. The lowest BCUT2D eigenvalue weighted by molar-refractivity contribution is -0.122. The predicted molar refractivity (Wildman–Crippen MR) is 221 cm³/mol. The van der Waals surface area contributed by atoms with Gasteiger partial charge in [-0.2, -0.15) is 5.10 Å². The number of aryl methyl sites for hydroxylation is 2. The second-order valence-electron chi connectivity index (χ2n) is 14.8. The Morgan fingerprint density at radius 2 is 1.75 bits per heavy atom. The van der Waals surface area contributed by atoms with E-state index >= 15 is 0 Å². The van der Waals surface area contributed by atoms with Gasteiger partial charge in [0.2, 0.25) is 5.91 Å². The van der Waals surface area contributed by atoms with Crippen molar-refractivity contribution in [2.75, 3.05) is 6.54 Å². The first kappa shape index (κ1) is 49.7. The average Bonchev–Trinajstić information content (AvgIpc) is 3.77. The Morgan fingerprint density at radius 3 is 2.19 bits per heavy atom. The molecule has 1 aliphatic heterocycles. The lowest BCUT2D eigenvalue weighted by Gasteiger charge is -2.22. The lowest BCUT2D eigenvalue weighted by atomic mass is 9.83. The number of hydrogen-bond acceptors (Lipinski definition) is 7. The standard InChI is InChI=1S/C17H27N5O.C16H31N.C6H11NO.C3H9NO/c1-5-12(2)7-6-8-14(15-11-18-13(3)20-15)21-17(23)16-9-10-19-22(16)4;1-6-9-10-12-15(11-7-2)16(14(5)17)13(4)8-3;1-5-2-3-6(8)7-4-5;1-2-3(4)5/h9-12,14H,5-8H2,1-4H3,(H,18,20)(H,21,23);15,17H,6-12H2,1-5H3;5H,2-4H2,1H3,(H,7,8);3,5H,2,4H2,1H3. The minimum Gasteiger partial charge on any atom is -0.379 e. The van der Waals surface area contributed by atoms with Gasteiger partial charge in [0.1, 0.15) is 17.7 Å². The van der Waals surface area contributed by atoms with Crippen LogP contribution in [0.3, 0.4) is 0 Å². The van der Waals surface area contributed by atoms with Crippen molar-refractivity contribution < 1.29 is 14.7 Å². The van der Waals surface area contributed by atoms with Crippen molar-refractivity contribution in [1.82, 2.24) is 30.4 Å². The summed E-state index contributed by atoms with van der Waals surface area (Å²) in [5.74, 6) is 3.00. The van der Waals surface area contributed by atoms with E-state index in [1.165, 1.54) is 62.5 Å². The van der Waals surface area contributed by atoms with Crippen molar-refractivity contribution in [3.8, 4) is 0 Å². The molecule has 0 radical (unpaired) electrons. The summed E-state index contributed by atoms with van der Waals surface area (Å²) < 4.78 is 1.59. The summed E-state index contributed by atoms with van der Waals surface area (Å²) in [5.41, 5.74) is 9.94. The number of aliphatic hydroxyl groups excluding tert-OH is 1. The van der Waals surface area contributed by atoms with Crippen LogP contribution in [0.1, 0.15) is 180 Å². The molecule has 11 nitrogen and oxygen atoms in total. The number of rotatable bonds is 18. The molecule has 1 aliphatic rings. The molecule has 2 aromatic heterocycles. The van der Waals surface area contributed by atoms with Gasteiger partial charge in [-0.25, -0.2) is 4.98 Å². The second-order valence-corrected chi connectivity index (χ2v) is 14.8. The second kappa shape index (κ2) is 29.1. The maximum absolute atomic E-state index is 12.5. The summed E-state index contributed by atoms with van der Waals surface area (Å²) >= 11 is 0. The zero-order valence-electron chi connectivity index (χ0n) is 35.4. The van der Waals surface area contributed by atoms with Crippen molar-refractivity contribution in [1.29, 1.82) is 5.41 Å². The Kier molecular flexibility index (Phi) is 27.3. The molecule has 5 unspecified atom stereocenters. The smallest absolute Gasteiger partial charge is 0.270 e. The van der Waals surface area contributed by atoms with Gasteiger partial charge >= 0.3 is 0 Å². The van der Waals surface area contributed by atoms with E-state index in [9.17, 15) is 9.59 Å². The number of aromatic amines is 1. The number of nitrogens with two attached hydrogens (primary N) is 1. The van der Waals surface area contributed by atoms with Crippen LogP contribution in [0.2, 0.25) is 0 Å². The van der Waals surface area contributed by atoms with E-state index in [1.54, 1.807) is 24.0 Å². The zero-order chi connectivity index (χ0) is 40.3. The molecule has 1 fully saturated rings. The van der Waals surface area contributed by atoms with Crippen LogP contribution in [0.15, 0.2) is 29.6 Å². The lowest BCUT2D eigenvalue weighted by Crippen LogP contribution is -2.33. The average molecular weight is 743 g/mol. The molecule has 7 N–H and O–H groups in total. The van der Waals surface area contributed by atoms with Crippen molar-refractivity contribution in [3.63, 3.8) is 0 Å². The number of nitrogens with one attached hydrogen (secondary N) is 4. The number of hydrogen-bond donors (Lipinski definition) is 6. The van der Waals surface area contributed by atoms with Gasteiger partial charge in [0.05, 0.1) is 17.9 Å². The molecule has 11 heteroatoms. The summed E-state index contributed by atoms with van der Waals surface area (Å²) in [6.45, 7) is 22.1.